The third-order valence-corrected chi connectivity index (χ3v) is 6.48. The Kier molecular flexibility index (Phi) is 6.48. The fourth-order valence-electron chi connectivity index (χ4n) is 2.74. The third-order valence-electron chi connectivity index (χ3n) is 4.26. The van der Waals surface area contributed by atoms with E-state index in [1.807, 2.05) is 0 Å². The molecular formula is C18H17ClN2O7S. The molecule has 11 heteroatoms. The highest BCUT2D eigenvalue weighted by atomic mass is 35.5. The lowest BCUT2D eigenvalue weighted by Gasteiger charge is -2.26. The lowest BCUT2D eigenvalue weighted by Crippen LogP contribution is -2.40. The number of nitrogens with zero attached hydrogens (tertiary/aromatic N) is 2. The first-order chi connectivity index (χ1) is 13.8. The van der Waals surface area contributed by atoms with Gasteiger partial charge in [0.25, 0.3) is 5.69 Å². The molecule has 1 aliphatic heterocycles. The van der Waals surface area contributed by atoms with Crippen molar-refractivity contribution in [3.63, 3.8) is 0 Å². The van der Waals surface area contributed by atoms with Crippen molar-refractivity contribution in [3.05, 3.63) is 68.7 Å². The number of morpholine rings is 1. The van der Waals surface area contributed by atoms with Gasteiger partial charge in [-0.05, 0) is 23.8 Å². The van der Waals surface area contributed by atoms with Crippen LogP contribution in [0.5, 0.6) is 0 Å². The number of hydrogen-bond acceptors (Lipinski definition) is 7. The van der Waals surface area contributed by atoms with Crippen LogP contribution >= 0.6 is 11.6 Å². The number of nitro benzene ring substituents is 1. The van der Waals surface area contributed by atoms with Gasteiger partial charge in [-0.2, -0.15) is 4.31 Å². The third kappa shape index (κ3) is 4.91. The quantitative estimate of drug-likeness (QED) is 0.385. The number of rotatable bonds is 6. The number of esters is 1. The molecule has 0 spiro atoms. The highest BCUT2D eigenvalue weighted by Crippen LogP contribution is 2.25. The first-order valence-electron chi connectivity index (χ1n) is 8.57. The maximum absolute atomic E-state index is 12.8. The second-order valence-corrected chi connectivity index (χ2v) is 8.51. The van der Waals surface area contributed by atoms with Gasteiger partial charge in [0.2, 0.25) is 10.0 Å². The predicted molar refractivity (Wildman–Crippen MR) is 103 cm³/mol. The van der Waals surface area contributed by atoms with Crippen LogP contribution in [-0.4, -0.2) is 49.9 Å². The molecule has 0 radical (unpaired) electrons. The van der Waals surface area contributed by atoms with E-state index in [0.717, 1.165) is 0 Å². The highest BCUT2D eigenvalue weighted by Gasteiger charge is 2.28. The molecule has 0 aromatic heterocycles. The molecule has 0 unspecified atom stereocenters. The largest absolute Gasteiger partial charge is 0.457 e. The average molecular weight is 441 g/mol. The molecule has 0 saturated carbocycles. The lowest BCUT2D eigenvalue weighted by atomic mass is 10.2. The number of ether oxygens (including phenoxy) is 2. The maximum atomic E-state index is 12.8. The molecule has 1 fully saturated rings. The summed E-state index contributed by atoms with van der Waals surface area (Å²) in [7, 11) is -3.81. The van der Waals surface area contributed by atoms with Gasteiger partial charge >= 0.3 is 5.97 Å². The van der Waals surface area contributed by atoms with E-state index >= 15 is 0 Å². The van der Waals surface area contributed by atoms with Gasteiger partial charge in [0.1, 0.15) is 6.61 Å². The van der Waals surface area contributed by atoms with E-state index in [2.05, 4.69) is 0 Å². The summed E-state index contributed by atoms with van der Waals surface area (Å²) in [6.45, 7) is 0.808. The Hall–Kier alpha value is -2.53. The van der Waals surface area contributed by atoms with Crippen LogP contribution in [0.4, 0.5) is 5.69 Å². The normalized spacial score (nSPS) is 15.1. The zero-order valence-electron chi connectivity index (χ0n) is 15.1. The summed E-state index contributed by atoms with van der Waals surface area (Å²) in [6, 6.07) is 9.47. The first kappa shape index (κ1) is 21.2. The highest BCUT2D eigenvalue weighted by molar-refractivity contribution is 7.89. The summed E-state index contributed by atoms with van der Waals surface area (Å²) >= 11 is 6.06. The number of non-ortho nitro benzene ring substituents is 1. The molecule has 1 heterocycles. The Morgan fingerprint density at radius 3 is 2.62 bits per heavy atom. The summed E-state index contributed by atoms with van der Waals surface area (Å²) in [5.41, 5.74) is 0.183. The van der Waals surface area contributed by atoms with E-state index in [1.165, 1.54) is 40.7 Å². The number of benzene rings is 2. The van der Waals surface area contributed by atoms with Crippen molar-refractivity contribution in [2.45, 2.75) is 11.5 Å². The van der Waals surface area contributed by atoms with E-state index in [0.29, 0.717) is 18.8 Å². The lowest BCUT2D eigenvalue weighted by molar-refractivity contribution is -0.384. The summed E-state index contributed by atoms with van der Waals surface area (Å²) in [5.74, 6) is -0.833. The monoisotopic (exact) mass is 440 g/mol. The standard InChI is InChI=1S/C18H17ClN2O7S/c19-17-5-4-15(29(25,26)20-6-8-27-9-7-20)11-16(17)18(22)28-12-13-2-1-3-14(10-13)21(23)24/h1-5,10-11H,6-9,12H2. The summed E-state index contributed by atoms with van der Waals surface area (Å²) in [6.07, 6.45) is 0. The molecule has 0 atom stereocenters. The fourth-order valence-corrected chi connectivity index (χ4v) is 4.37. The van der Waals surface area contributed by atoms with Crippen LogP contribution in [0, 0.1) is 10.1 Å². The van der Waals surface area contributed by atoms with E-state index in [9.17, 15) is 23.3 Å². The minimum atomic E-state index is -3.81. The Bertz CT molecular complexity index is 1040. The number of nitro groups is 1. The molecule has 2 aromatic rings. The molecule has 154 valence electrons. The molecule has 2 aromatic carbocycles. The molecule has 0 amide bonds. The number of carbonyl (C=O) groups excluding carboxylic acids is 1. The molecule has 1 saturated heterocycles. The molecule has 3 rings (SSSR count). The zero-order chi connectivity index (χ0) is 21.0. The first-order valence-corrected chi connectivity index (χ1v) is 10.4. The molecule has 1 aliphatic rings. The van der Waals surface area contributed by atoms with Crippen molar-refractivity contribution in [3.8, 4) is 0 Å². The molecule has 0 aliphatic carbocycles. The van der Waals surface area contributed by atoms with Gasteiger partial charge in [0, 0.05) is 25.2 Å². The Labute approximate surface area is 172 Å². The van der Waals surface area contributed by atoms with E-state index < -0.39 is 20.9 Å². The van der Waals surface area contributed by atoms with Gasteiger partial charge < -0.3 is 9.47 Å². The predicted octanol–water partition coefficient (Wildman–Crippen LogP) is 2.63. The number of sulfonamides is 1. The van der Waals surface area contributed by atoms with Gasteiger partial charge in [0.05, 0.1) is 33.6 Å². The molecule has 0 bridgehead atoms. The Morgan fingerprint density at radius 1 is 1.21 bits per heavy atom. The van der Waals surface area contributed by atoms with Gasteiger partial charge in [-0.25, -0.2) is 13.2 Å². The molecular weight excluding hydrogens is 424 g/mol. The smallest absolute Gasteiger partial charge is 0.340 e. The van der Waals surface area contributed by atoms with Crippen LogP contribution in [0.15, 0.2) is 47.4 Å². The molecule has 0 N–H and O–H groups in total. The van der Waals surface area contributed by atoms with Crippen molar-refractivity contribution in [2.75, 3.05) is 26.3 Å². The summed E-state index contributed by atoms with van der Waals surface area (Å²) in [4.78, 5) is 22.6. The zero-order valence-corrected chi connectivity index (χ0v) is 16.7. The number of hydrogen-bond donors (Lipinski definition) is 0. The second kappa shape index (κ2) is 8.87. The van der Waals surface area contributed by atoms with Crippen molar-refractivity contribution in [2.24, 2.45) is 0 Å². The van der Waals surface area contributed by atoms with Gasteiger partial charge in [-0.15, -0.1) is 0 Å². The molecule has 9 nitrogen and oxygen atoms in total. The van der Waals surface area contributed by atoms with E-state index in [4.69, 9.17) is 21.1 Å². The van der Waals surface area contributed by atoms with Crippen LogP contribution in [0.25, 0.3) is 0 Å². The van der Waals surface area contributed by atoms with Gasteiger partial charge in [-0.1, -0.05) is 23.7 Å². The van der Waals surface area contributed by atoms with Crippen molar-refractivity contribution in [1.29, 1.82) is 0 Å². The molecule has 29 heavy (non-hydrogen) atoms. The number of carbonyl (C=O) groups is 1. The average Bonchev–Trinajstić information content (AvgIpc) is 2.73. The van der Waals surface area contributed by atoms with Crippen LogP contribution in [0.2, 0.25) is 5.02 Å². The SMILES string of the molecule is O=C(OCc1cccc([N+](=O)[O-])c1)c1cc(S(=O)(=O)N2CCOCC2)ccc1Cl. The minimum absolute atomic E-state index is 0.0370. The van der Waals surface area contributed by atoms with Crippen molar-refractivity contribution >= 4 is 33.3 Å². The van der Waals surface area contributed by atoms with Gasteiger partial charge in [-0.3, -0.25) is 10.1 Å². The Balaban J connectivity index is 1.78. The fraction of sp³-hybridized carbons (Fsp3) is 0.278. The summed E-state index contributed by atoms with van der Waals surface area (Å²) in [5, 5.41) is 10.9. The number of halogens is 1. The van der Waals surface area contributed by atoms with Crippen LogP contribution < -0.4 is 0 Å². The topological polar surface area (TPSA) is 116 Å². The van der Waals surface area contributed by atoms with Crippen LogP contribution in [0.3, 0.4) is 0 Å². The van der Waals surface area contributed by atoms with Crippen molar-refractivity contribution in [1.82, 2.24) is 4.31 Å². The minimum Gasteiger partial charge on any atom is -0.457 e. The second-order valence-electron chi connectivity index (χ2n) is 6.16. The van der Waals surface area contributed by atoms with Crippen LogP contribution in [-0.2, 0) is 26.1 Å². The van der Waals surface area contributed by atoms with Gasteiger partial charge in [0.15, 0.2) is 0 Å². The van der Waals surface area contributed by atoms with E-state index in [-0.39, 0.29) is 40.9 Å². The van der Waals surface area contributed by atoms with Crippen molar-refractivity contribution < 1.29 is 27.6 Å². The van der Waals surface area contributed by atoms with E-state index in [1.54, 1.807) is 6.07 Å². The summed E-state index contributed by atoms with van der Waals surface area (Å²) < 4.78 is 37.1. The maximum Gasteiger partial charge on any atom is 0.340 e. The Morgan fingerprint density at radius 2 is 1.93 bits per heavy atom. The van der Waals surface area contributed by atoms with Crippen LogP contribution in [0.1, 0.15) is 15.9 Å².